The van der Waals surface area contributed by atoms with E-state index >= 15 is 0 Å². The summed E-state index contributed by atoms with van der Waals surface area (Å²) in [5, 5.41) is 0. The number of esters is 1. The SMILES string of the molecule is CCOC(=O)[C@H]1[C@H](C(C)=O)CCC(=O)N1c1ccc(Br)cc1. The first-order chi connectivity index (χ1) is 10.5. The number of ketones is 1. The van der Waals surface area contributed by atoms with Crippen LogP contribution < -0.4 is 4.90 Å². The lowest BCUT2D eigenvalue weighted by molar-refractivity contribution is -0.150. The van der Waals surface area contributed by atoms with Crippen molar-refractivity contribution >= 4 is 39.3 Å². The Hall–Kier alpha value is -1.69. The highest BCUT2D eigenvalue weighted by Gasteiger charge is 2.44. The van der Waals surface area contributed by atoms with Gasteiger partial charge in [0.2, 0.25) is 5.91 Å². The van der Waals surface area contributed by atoms with Crippen LogP contribution >= 0.6 is 15.9 Å². The zero-order valence-corrected chi connectivity index (χ0v) is 14.1. The Morgan fingerprint density at radius 3 is 2.50 bits per heavy atom. The molecule has 0 N–H and O–H groups in total. The molecule has 1 heterocycles. The highest BCUT2D eigenvalue weighted by atomic mass is 79.9. The molecule has 0 spiro atoms. The van der Waals surface area contributed by atoms with Gasteiger partial charge in [0.15, 0.2) is 0 Å². The molecule has 0 unspecified atom stereocenters. The van der Waals surface area contributed by atoms with Crippen molar-refractivity contribution < 1.29 is 19.1 Å². The van der Waals surface area contributed by atoms with Gasteiger partial charge in [-0.1, -0.05) is 15.9 Å². The Morgan fingerprint density at radius 2 is 1.95 bits per heavy atom. The summed E-state index contributed by atoms with van der Waals surface area (Å²) < 4.78 is 5.96. The van der Waals surface area contributed by atoms with Crippen LogP contribution in [0, 0.1) is 5.92 Å². The summed E-state index contributed by atoms with van der Waals surface area (Å²) in [6, 6.07) is 6.19. The summed E-state index contributed by atoms with van der Waals surface area (Å²) in [7, 11) is 0. The molecule has 1 aliphatic heterocycles. The van der Waals surface area contributed by atoms with Crippen LogP contribution in [0.3, 0.4) is 0 Å². The third-order valence-electron chi connectivity index (χ3n) is 3.75. The molecule has 118 valence electrons. The number of piperidine rings is 1. The van der Waals surface area contributed by atoms with Crippen molar-refractivity contribution in [2.75, 3.05) is 11.5 Å². The third kappa shape index (κ3) is 3.38. The molecular weight excluding hydrogens is 350 g/mol. The van der Waals surface area contributed by atoms with E-state index in [-0.39, 0.29) is 24.7 Å². The van der Waals surface area contributed by atoms with Crippen molar-refractivity contribution in [2.45, 2.75) is 32.7 Å². The Balaban J connectivity index is 2.43. The van der Waals surface area contributed by atoms with Crippen molar-refractivity contribution in [3.05, 3.63) is 28.7 Å². The largest absolute Gasteiger partial charge is 0.464 e. The summed E-state index contributed by atoms with van der Waals surface area (Å²) in [6.07, 6.45) is 0.626. The van der Waals surface area contributed by atoms with Crippen LogP contribution in [-0.4, -0.2) is 30.3 Å². The number of amides is 1. The normalized spacial score (nSPS) is 21.6. The molecule has 5 nitrogen and oxygen atoms in total. The molecule has 0 aliphatic carbocycles. The van der Waals surface area contributed by atoms with E-state index in [4.69, 9.17) is 4.74 Å². The molecule has 22 heavy (non-hydrogen) atoms. The molecule has 0 radical (unpaired) electrons. The number of carbonyl (C=O) groups excluding carboxylic acids is 3. The molecule has 2 atom stereocenters. The first kappa shape index (κ1) is 16.7. The molecule has 1 fully saturated rings. The Kier molecular flexibility index (Phi) is 5.34. The summed E-state index contributed by atoms with van der Waals surface area (Å²) >= 11 is 3.34. The van der Waals surface area contributed by atoms with Gasteiger partial charge in [-0.2, -0.15) is 0 Å². The van der Waals surface area contributed by atoms with E-state index in [2.05, 4.69) is 15.9 Å². The highest BCUT2D eigenvalue weighted by Crippen LogP contribution is 2.32. The maximum atomic E-state index is 12.4. The fraction of sp³-hybridized carbons (Fsp3) is 0.438. The first-order valence-electron chi connectivity index (χ1n) is 7.20. The topological polar surface area (TPSA) is 63.7 Å². The zero-order chi connectivity index (χ0) is 16.3. The van der Waals surface area contributed by atoms with E-state index in [9.17, 15) is 14.4 Å². The Bertz CT molecular complexity index is 584. The molecule has 1 aliphatic rings. The summed E-state index contributed by atoms with van der Waals surface area (Å²) in [4.78, 5) is 38.0. The van der Waals surface area contributed by atoms with Crippen LogP contribution in [0.5, 0.6) is 0 Å². The van der Waals surface area contributed by atoms with E-state index in [0.29, 0.717) is 12.1 Å². The highest BCUT2D eigenvalue weighted by molar-refractivity contribution is 9.10. The maximum Gasteiger partial charge on any atom is 0.329 e. The summed E-state index contributed by atoms with van der Waals surface area (Å²) in [5.41, 5.74) is 0.595. The fourth-order valence-electron chi connectivity index (χ4n) is 2.72. The molecule has 0 aromatic heterocycles. The molecule has 1 amide bonds. The van der Waals surface area contributed by atoms with Gasteiger partial charge >= 0.3 is 5.97 Å². The number of benzene rings is 1. The monoisotopic (exact) mass is 367 g/mol. The molecule has 0 saturated carbocycles. The fourth-order valence-corrected chi connectivity index (χ4v) is 2.99. The van der Waals surface area contributed by atoms with Crippen LogP contribution in [0.2, 0.25) is 0 Å². The van der Waals surface area contributed by atoms with Gasteiger partial charge in [0, 0.05) is 22.5 Å². The molecule has 6 heteroatoms. The van der Waals surface area contributed by atoms with E-state index in [0.717, 1.165) is 4.47 Å². The Morgan fingerprint density at radius 1 is 1.32 bits per heavy atom. The van der Waals surface area contributed by atoms with Gasteiger partial charge in [-0.05, 0) is 44.5 Å². The minimum atomic E-state index is -0.889. The van der Waals surface area contributed by atoms with Gasteiger partial charge in [-0.25, -0.2) is 4.79 Å². The second-order valence-corrected chi connectivity index (χ2v) is 6.11. The number of ether oxygens (including phenoxy) is 1. The second-order valence-electron chi connectivity index (χ2n) is 5.19. The van der Waals surface area contributed by atoms with Crippen molar-refractivity contribution in [3.63, 3.8) is 0 Å². The van der Waals surface area contributed by atoms with Gasteiger partial charge < -0.3 is 4.74 Å². The van der Waals surface area contributed by atoms with Crippen molar-refractivity contribution in [1.82, 2.24) is 0 Å². The Labute approximate surface area is 137 Å². The van der Waals surface area contributed by atoms with Gasteiger partial charge in [-0.3, -0.25) is 14.5 Å². The van der Waals surface area contributed by atoms with Crippen LogP contribution in [-0.2, 0) is 19.1 Å². The standard InChI is InChI=1S/C16H18BrNO4/c1-3-22-16(21)15-13(10(2)19)8-9-14(20)18(15)12-6-4-11(17)5-7-12/h4-7,13,15H,3,8-9H2,1-2H3/t13-,15+/m0/s1. The molecule has 1 aromatic rings. The molecule has 0 bridgehead atoms. The van der Waals surface area contributed by atoms with Gasteiger partial charge in [0.1, 0.15) is 11.8 Å². The minimum Gasteiger partial charge on any atom is -0.464 e. The van der Waals surface area contributed by atoms with Crippen LogP contribution in [0.4, 0.5) is 5.69 Å². The number of hydrogen-bond acceptors (Lipinski definition) is 4. The van der Waals surface area contributed by atoms with Gasteiger partial charge in [-0.15, -0.1) is 0 Å². The molecule has 1 aromatic carbocycles. The van der Waals surface area contributed by atoms with E-state index < -0.39 is 17.9 Å². The maximum absolute atomic E-state index is 12.4. The number of anilines is 1. The van der Waals surface area contributed by atoms with Crippen LogP contribution in [0.25, 0.3) is 0 Å². The van der Waals surface area contributed by atoms with E-state index in [1.807, 2.05) is 0 Å². The van der Waals surface area contributed by atoms with Crippen molar-refractivity contribution in [2.24, 2.45) is 5.92 Å². The number of hydrogen-bond donors (Lipinski definition) is 0. The molecule has 2 rings (SSSR count). The number of rotatable bonds is 4. The smallest absolute Gasteiger partial charge is 0.329 e. The molecule has 1 saturated heterocycles. The predicted molar refractivity (Wildman–Crippen MR) is 85.5 cm³/mol. The lowest BCUT2D eigenvalue weighted by Crippen LogP contribution is -2.55. The average molecular weight is 368 g/mol. The average Bonchev–Trinajstić information content (AvgIpc) is 2.48. The van der Waals surface area contributed by atoms with Crippen molar-refractivity contribution in [3.8, 4) is 0 Å². The predicted octanol–water partition coefficient (Wildman–Crippen LogP) is 2.71. The third-order valence-corrected chi connectivity index (χ3v) is 4.28. The van der Waals surface area contributed by atoms with Gasteiger partial charge in [0.05, 0.1) is 6.61 Å². The minimum absolute atomic E-state index is 0.104. The lowest BCUT2D eigenvalue weighted by Gasteiger charge is -2.38. The molecular formula is C16H18BrNO4. The quantitative estimate of drug-likeness (QED) is 0.767. The van der Waals surface area contributed by atoms with Crippen LogP contribution in [0.15, 0.2) is 28.7 Å². The number of Topliss-reactive ketones (excluding diaryl/α,β-unsaturated/α-hetero) is 1. The van der Waals surface area contributed by atoms with E-state index in [1.54, 1.807) is 31.2 Å². The summed E-state index contributed by atoms with van der Waals surface area (Å²) in [5.74, 6) is -1.33. The van der Waals surface area contributed by atoms with Crippen molar-refractivity contribution in [1.29, 1.82) is 0 Å². The number of carbonyl (C=O) groups is 3. The number of nitrogens with zero attached hydrogens (tertiary/aromatic N) is 1. The van der Waals surface area contributed by atoms with Gasteiger partial charge in [0.25, 0.3) is 0 Å². The second kappa shape index (κ2) is 7.05. The first-order valence-corrected chi connectivity index (χ1v) is 7.99. The summed E-state index contributed by atoms with van der Waals surface area (Å²) in [6.45, 7) is 3.37. The van der Waals surface area contributed by atoms with E-state index in [1.165, 1.54) is 11.8 Å². The zero-order valence-electron chi connectivity index (χ0n) is 12.5. The number of halogens is 1. The lowest BCUT2D eigenvalue weighted by atomic mass is 9.85. The van der Waals surface area contributed by atoms with Crippen LogP contribution in [0.1, 0.15) is 26.7 Å².